The van der Waals surface area contributed by atoms with E-state index in [0.717, 1.165) is 24.1 Å². The van der Waals surface area contributed by atoms with Crippen molar-refractivity contribution >= 4 is 17.5 Å². The molecule has 2 rings (SSSR count). The van der Waals surface area contributed by atoms with Gasteiger partial charge in [0.15, 0.2) is 0 Å². The number of nitrogens with one attached hydrogen (secondary N) is 2. The summed E-state index contributed by atoms with van der Waals surface area (Å²) in [6.45, 7) is 2.09. The molecule has 0 aliphatic heterocycles. The van der Waals surface area contributed by atoms with E-state index >= 15 is 0 Å². The van der Waals surface area contributed by atoms with E-state index in [-0.39, 0.29) is 17.7 Å². The Morgan fingerprint density at radius 3 is 2.47 bits per heavy atom. The molecule has 102 valence electrons. The molecule has 0 bridgehead atoms. The molecule has 5 nitrogen and oxygen atoms in total. The van der Waals surface area contributed by atoms with Crippen LogP contribution in [0.25, 0.3) is 0 Å². The fraction of sp³-hybridized carbons (Fsp3) is 0.429. The first kappa shape index (κ1) is 13.5. The fourth-order valence-corrected chi connectivity index (χ4v) is 1.65. The van der Waals surface area contributed by atoms with Crippen molar-refractivity contribution in [2.75, 3.05) is 5.32 Å². The molecule has 1 saturated carbocycles. The second-order valence-corrected chi connectivity index (χ2v) is 4.97. The number of anilines is 1. The quantitative estimate of drug-likeness (QED) is 0.739. The smallest absolute Gasteiger partial charge is 0.236 e. The monoisotopic (exact) mass is 261 g/mol. The van der Waals surface area contributed by atoms with Crippen molar-refractivity contribution in [1.82, 2.24) is 5.32 Å². The van der Waals surface area contributed by atoms with Crippen LogP contribution < -0.4 is 16.4 Å². The summed E-state index contributed by atoms with van der Waals surface area (Å²) in [5, 5.41) is 5.60. The molecule has 0 heterocycles. The maximum atomic E-state index is 11.6. The number of hydrogen-bond donors (Lipinski definition) is 3. The van der Waals surface area contributed by atoms with Crippen LogP contribution in [0.2, 0.25) is 0 Å². The lowest BCUT2D eigenvalue weighted by Gasteiger charge is -2.09. The number of nitrogens with two attached hydrogens (primary N) is 1. The van der Waals surface area contributed by atoms with Crippen LogP contribution in [0, 0.1) is 5.92 Å². The van der Waals surface area contributed by atoms with E-state index in [0.29, 0.717) is 6.54 Å². The molecule has 19 heavy (non-hydrogen) atoms. The van der Waals surface area contributed by atoms with Crippen molar-refractivity contribution in [1.29, 1.82) is 0 Å². The van der Waals surface area contributed by atoms with Gasteiger partial charge in [-0.2, -0.15) is 0 Å². The summed E-state index contributed by atoms with van der Waals surface area (Å²) in [6.07, 6.45) is 1.99. The van der Waals surface area contributed by atoms with Crippen molar-refractivity contribution in [3.8, 4) is 0 Å². The van der Waals surface area contributed by atoms with E-state index in [1.165, 1.54) is 0 Å². The third-order valence-electron chi connectivity index (χ3n) is 3.05. The summed E-state index contributed by atoms with van der Waals surface area (Å²) in [6, 6.07) is 6.94. The van der Waals surface area contributed by atoms with Gasteiger partial charge >= 0.3 is 0 Å². The first-order valence-corrected chi connectivity index (χ1v) is 6.49. The van der Waals surface area contributed by atoms with Crippen molar-refractivity contribution in [2.45, 2.75) is 32.4 Å². The lowest BCUT2D eigenvalue weighted by atomic mass is 10.2. The number of rotatable bonds is 5. The van der Waals surface area contributed by atoms with Crippen LogP contribution in [-0.2, 0) is 16.1 Å². The lowest BCUT2D eigenvalue weighted by molar-refractivity contribution is -0.122. The molecule has 1 aliphatic carbocycles. The molecule has 0 radical (unpaired) electrons. The van der Waals surface area contributed by atoms with Gasteiger partial charge in [0.2, 0.25) is 11.8 Å². The molecule has 0 saturated heterocycles. The molecule has 1 aromatic rings. The van der Waals surface area contributed by atoms with Crippen LogP contribution in [0.1, 0.15) is 25.3 Å². The van der Waals surface area contributed by atoms with Gasteiger partial charge in [0.1, 0.15) is 0 Å². The van der Waals surface area contributed by atoms with Crippen LogP contribution in [0.5, 0.6) is 0 Å². The van der Waals surface area contributed by atoms with Gasteiger partial charge in [-0.05, 0) is 37.5 Å². The summed E-state index contributed by atoms with van der Waals surface area (Å²) in [4.78, 5) is 22.9. The van der Waals surface area contributed by atoms with E-state index in [1.54, 1.807) is 6.92 Å². The first-order chi connectivity index (χ1) is 9.06. The minimum atomic E-state index is -0.503. The predicted octanol–water partition coefficient (Wildman–Crippen LogP) is 0.998. The van der Waals surface area contributed by atoms with Crippen molar-refractivity contribution in [3.05, 3.63) is 29.8 Å². The molecule has 1 unspecified atom stereocenters. The van der Waals surface area contributed by atoms with Crippen LogP contribution in [0.4, 0.5) is 5.69 Å². The van der Waals surface area contributed by atoms with Gasteiger partial charge in [-0.15, -0.1) is 0 Å². The van der Waals surface area contributed by atoms with E-state index in [9.17, 15) is 9.59 Å². The molecule has 5 heteroatoms. The van der Waals surface area contributed by atoms with Crippen LogP contribution in [0.15, 0.2) is 24.3 Å². The highest BCUT2D eigenvalue weighted by Gasteiger charge is 2.29. The zero-order chi connectivity index (χ0) is 13.8. The Morgan fingerprint density at radius 1 is 1.32 bits per heavy atom. The second kappa shape index (κ2) is 5.84. The molecular formula is C14H19N3O2. The van der Waals surface area contributed by atoms with Gasteiger partial charge in [-0.3, -0.25) is 9.59 Å². The van der Waals surface area contributed by atoms with Crippen LogP contribution >= 0.6 is 0 Å². The number of carbonyl (C=O) groups excluding carboxylic acids is 2. The topological polar surface area (TPSA) is 84.2 Å². The van der Waals surface area contributed by atoms with E-state index in [2.05, 4.69) is 10.6 Å². The highest BCUT2D eigenvalue weighted by molar-refractivity contribution is 5.94. The standard InChI is InChI=1S/C14H19N3O2/c1-9(15)13(18)16-8-10-2-6-12(7-3-10)17-14(19)11-4-5-11/h2-3,6-7,9,11H,4-5,8,15H2,1H3,(H,16,18)(H,17,19). The molecule has 1 atom stereocenters. The Bertz CT molecular complexity index is 464. The number of carbonyl (C=O) groups is 2. The lowest BCUT2D eigenvalue weighted by Crippen LogP contribution is -2.37. The third kappa shape index (κ3) is 4.06. The zero-order valence-corrected chi connectivity index (χ0v) is 11.0. The van der Waals surface area contributed by atoms with Gasteiger partial charge in [0.25, 0.3) is 0 Å². The molecule has 0 aromatic heterocycles. The first-order valence-electron chi connectivity index (χ1n) is 6.49. The number of hydrogen-bond acceptors (Lipinski definition) is 3. The van der Waals surface area contributed by atoms with Crippen molar-refractivity contribution < 1.29 is 9.59 Å². The molecule has 2 amide bonds. The molecular weight excluding hydrogens is 242 g/mol. The summed E-state index contributed by atoms with van der Waals surface area (Å²) >= 11 is 0. The number of amides is 2. The summed E-state index contributed by atoms with van der Waals surface area (Å²) in [7, 11) is 0. The third-order valence-corrected chi connectivity index (χ3v) is 3.05. The molecule has 1 fully saturated rings. The Labute approximate surface area is 112 Å². The summed E-state index contributed by atoms with van der Waals surface area (Å²) in [5.74, 6) is 0.120. The van der Waals surface area contributed by atoms with Gasteiger partial charge in [-0.25, -0.2) is 0 Å². The van der Waals surface area contributed by atoms with Gasteiger partial charge in [-0.1, -0.05) is 12.1 Å². The van der Waals surface area contributed by atoms with Gasteiger partial charge < -0.3 is 16.4 Å². The molecule has 4 N–H and O–H groups in total. The highest BCUT2D eigenvalue weighted by Crippen LogP contribution is 2.30. The predicted molar refractivity (Wildman–Crippen MR) is 73.3 cm³/mol. The fourth-order valence-electron chi connectivity index (χ4n) is 1.65. The Kier molecular flexibility index (Phi) is 4.16. The molecule has 1 aliphatic rings. The van der Waals surface area contributed by atoms with Gasteiger partial charge in [0.05, 0.1) is 6.04 Å². The maximum absolute atomic E-state index is 11.6. The molecule has 0 spiro atoms. The summed E-state index contributed by atoms with van der Waals surface area (Å²) in [5.41, 5.74) is 7.22. The highest BCUT2D eigenvalue weighted by atomic mass is 16.2. The second-order valence-electron chi connectivity index (χ2n) is 4.97. The van der Waals surface area contributed by atoms with Crippen LogP contribution in [-0.4, -0.2) is 17.9 Å². The summed E-state index contributed by atoms with van der Waals surface area (Å²) < 4.78 is 0. The largest absolute Gasteiger partial charge is 0.351 e. The normalized spacial score (nSPS) is 15.7. The maximum Gasteiger partial charge on any atom is 0.236 e. The average molecular weight is 261 g/mol. The Hall–Kier alpha value is -1.88. The van der Waals surface area contributed by atoms with Crippen molar-refractivity contribution in [2.24, 2.45) is 11.7 Å². The minimum absolute atomic E-state index is 0.0954. The minimum Gasteiger partial charge on any atom is -0.351 e. The number of benzene rings is 1. The van der Waals surface area contributed by atoms with E-state index in [4.69, 9.17) is 5.73 Å². The average Bonchev–Trinajstić information content (AvgIpc) is 3.21. The van der Waals surface area contributed by atoms with Gasteiger partial charge in [0, 0.05) is 18.2 Å². The van der Waals surface area contributed by atoms with Crippen LogP contribution in [0.3, 0.4) is 0 Å². The molecule has 1 aromatic carbocycles. The van der Waals surface area contributed by atoms with E-state index in [1.807, 2.05) is 24.3 Å². The van der Waals surface area contributed by atoms with E-state index < -0.39 is 6.04 Å². The van der Waals surface area contributed by atoms with Crippen molar-refractivity contribution in [3.63, 3.8) is 0 Å². The zero-order valence-electron chi connectivity index (χ0n) is 11.0. The Morgan fingerprint density at radius 2 is 1.95 bits per heavy atom. The SMILES string of the molecule is CC(N)C(=O)NCc1ccc(NC(=O)C2CC2)cc1. The Balaban J connectivity index is 1.83.